The summed E-state index contributed by atoms with van der Waals surface area (Å²) in [6.45, 7) is 5.07. The van der Waals surface area contributed by atoms with Gasteiger partial charge in [-0.3, -0.25) is 0 Å². The van der Waals surface area contributed by atoms with Gasteiger partial charge in [-0.15, -0.1) is 0 Å². The molecule has 0 saturated heterocycles. The van der Waals surface area contributed by atoms with Crippen molar-refractivity contribution in [1.82, 2.24) is 4.90 Å². The van der Waals surface area contributed by atoms with Gasteiger partial charge in [0.25, 0.3) is 0 Å². The maximum Gasteiger partial charge on any atom is 0.0575 e. The fourth-order valence-corrected chi connectivity index (χ4v) is 1.41. The second kappa shape index (κ2) is 5.83. The zero-order valence-electron chi connectivity index (χ0n) is 9.26. The lowest BCUT2D eigenvalue weighted by atomic mass is 10.2. The first-order chi connectivity index (χ1) is 7.13. The first kappa shape index (κ1) is 12.1. The van der Waals surface area contributed by atoms with Crippen LogP contribution < -0.4 is 11.1 Å². The maximum atomic E-state index is 5.81. The van der Waals surface area contributed by atoms with Gasteiger partial charge in [0.1, 0.15) is 0 Å². The largest absolute Gasteiger partial charge is 0.397 e. The number of benzene rings is 1. The Hall–Kier alpha value is -0.930. The Bertz CT molecular complexity index is 315. The number of hydrogen-bond donors (Lipinski definition) is 2. The topological polar surface area (TPSA) is 41.3 Å². The average molecular weight is 228 g/mol. The van der Waals surface area contributed by atoms with Crippen LogP contribution in [0.15, 0.2) is 18.2 Å². The van der Waals surface area contributed by atoms with Crippen LogP contribution in [0.2, 0.25) is 5.02 Å². The van der Waals surface area contributed by atoms with E-state index in [-0.39, 0.29) is 0 Å². The molecule has 1 aromatic rings. The van der Waals surface area contributed by atoms with Gasteiger partial charge in [-0.2, -0.15) is 0 Å². The summed E-state index contributed by atoms with van der Waals surface area (Å²) in [6.07, 6.45) is 0. The number of rotatable bonds is 5. The third-order valence-corrected chi connectivity index (χ3v) is 2.60. The van der Waals surface area contributed by atoms with E-state index in [0.717, 1.165) is 25.3 Å². The van der Waals surface area contributed by atoms with Gasteiger partial charge in [-0.1, -0.05) is 18.5 Å². The average Bonchev–Trinajstić information content (AvgIpc) is 2.21. The van der Waals surface area contributed by atoms with Crippen LogP contribution in [-0.4, -0.2) is 31.6 Å². The Balaban J connectivity index is 2.44. The number of nitrogens with two attached hydrogens (primary N) is 1. The summed E-state index contributed by atoms with van der Waals surface area (Å²) in [5.41, 5.74) is 7.45. The second-order valence-electron chi connectivity index (χ2n) is 3.55. The van der Waals surface area contributed by atoms with Crippen molar-refractivity contribution in [3.05, 3.63) is 23.2 Å². The molecule has 0 aromatic heterocycles. The van der Waals surface area contributed by atoms with E-state index < -0.39 is 0 Å². The van der Waals surface area contributed by atoms with Gasteiger partial charge in [0.15, 0.2) is 0 Å². The number of nitrogen functional groups attached to an aromatic ring is 1. The summed E-state index contributed by atoms with van der Waals surface area (Å²) in [6, 6.07) is 5.50. The summed E-state index contributed by atoms with van der Waals surface area (Å²) < 4.78 is 0. The van der Waals surface area contributed by atoms with E-state index in [1.807, 2.05) is 12.1 Å². The van der Waals surface area contributed by atoms with Crippen molar-refractivity contribution in [2.24, 2.45) is 0 Å². The third kappa shape index (κ3) is 3.98. The van der Waals surface area contributed by atoms with E-state index in [4.69, 9.17) is 17.3 Å². The summed E-state index contributed by atoms with van der Waals surface area (Å²) in [5.74, 6) is 0. The minimum Gasteiger partial charge on any atom is -0.397 e. The smallest absolute Gasteiger partial charge is 0.0575 e. The maximum absolute atomic E-state index is 5.81. The molecule has 1 rings (SSSR count). The SMILES string of the molecule is CCN(C)CCNc1ccc(Cl)cc1N. The van der Waals surface area contributed by atoms with E-state index in [0.29, 0.717) is 10.7 Å². The predicted molar refractivity (Wildman–Crippen MR) is 67.5 cm³/mol. The summed E-state index contributed by atoms with van der Waals surface area (Å²) in [5, 5.41) is 3.95. The molecule has 0 heterocycles. The molecule has 0 amide bonds. The fraction of sp³-hybridized carbons (Fsp3) is 0.455. The highest BCUT2D eigenvalue weighted by Crippen LogP contribution is 2.22. The number of hydrogen-bond acceptors (Lipinski definition) is 3. The molecule has 0 fully saturated rings. The molecular weight excluding hydrogens is 210 g/mol. The molecule has 3 N–H and O–H groups in total. The second-order valence-corrected chi connectivity index (χ2v) is 3.99. The highest BCUT2D eigenvalue weighted by Gasteiger charge is 1.99. The van der Waals surface area contributed by atoms with Crippen LogP contribution in [0.4, 0.5) is 11.4 Å². The zero-order valence-corrected chi connectivity index (χ0v) is 10.0. The molecule has 0 radical (unpaired) electrons. The van der Waals surface area contributed by atoms with Gasteiger partial charge in [-0.25, -0.2) is 0 Å². The quantitative estimate of drug-likeness (QED) is 0.759. The van der Waals surface area contributed by atoms with Gasteiger partial charge in [0, 0.05) is 18.1 Å². The standard InChI is InChI=1S/C11H18ClN3/c1-3-15(2)7-6-14-11-5-4-9(12)8-10(11)13/h4-5,8,14H,3,6-7,13H2,1-2H3. The van der Waals surface area contributed by atoms with Crippen molar-refractivity contribution < 1.29 is 0 Å². The lowest BCUT2D eigenvalue weighted by Crippen LogP contribution is -2.24. The zero-order chi connectivity index (χ0) is 11.3. The molecular formula is C11H18ClN3. The van der Waals surface area contributed by atoms with Crippen LogP contribution >= 0.6 is 11.6 Å². The highest BCUT2D eigenvalue weighted by molar-refractivity contribution is 6.31. The normalized spacial score (nSPS) is 10.7. The Kier molecular flexibility index (Phi) is 4.72. The monoisotopic (exact) mass is 227 g/mol. The minimum atomic E-state index is 0.670. The van der Waals surface area contributed by atoms with Gasteiger partial charge >= 0.3 is 0 Å². The number of anilines is 2. The molecule has 84 valence electrons. The number of likely N-dealkylation sites (N-methyl/N-ethyl adjacent to an activating group) is 1. The molecule has 0 aliphatic rings. The van der Waals surface area contributed by atoms with E-state index in [1.54, 1.807) is 6.07 Å². The van der Waals surface area contributed by atoms with Gasteiger partial charge in [0.2, 0.25) is 0 Å². The van der Waals surface area contributed by atoms with E-state index >= 15 is 0 Å². The first-order valence-electron chi connectivity index (χ1n) is 5.11. The molecule has 0 unspecified atom stereocenters. The third-order valence-electron chi connectivity index (χ3n) is 2.36. The minimum absolute atomic E-state index is 0.670. The summed E-state index contributed by atoms with van der Waals surface area (Å²) in [7, 11) is 2.09. The number of nitrogens with one attached hydrogen (secondary N) is 1. The van der Waals surface area contributed by atoms with Crippen molar-refractivity contribution in [2.75, 3.05) is 37.7 Å². The van der Waals surface area contributed by atoms with Crippen LogP contribution in [0.1, 0.15) is 6.92 Å². The molecule has 0 aliphatic heterocycles. The van der Waals surface area contributed by atoms with E-state index in [9.17, 15) is 0 Å². The van der Waals surface area contributed by atoms with Crippen molar-refractivity contribution in [1.29, 1.82) is 0 Å². The Morgan fingerprint density at radius 3 is 2.80 bits per heavy atom. The highest BCUT2D eigenvalue weighted by atomic mass is 35.5. The van der Waals surface area contributed by atoms with E-state index in [1.165, 1.54) is 0 Å². The van der Waals surface area contributed by atoms with Gasteiger partial charge < -0.3 is 16.0 Å². The fourth-order valence-electron chi connectivity index (χ4n) is 1.23. The van der Waals surface area contributed by atoms with Gasteiger partial charge in [0.05, 0.1) is 11.4 Å². The molecule has 15 heavy (non-hydrogen) atoms. The molecule has 0 bridgehead atoms. The lowest BCUT2D eigenvalue weighted by Gasteiger charge is -2.15. The Morgan fingerprint density at radius 1 is 1.47 bits per heavy atom. The van der Waals surface area contributed by atoms with Crippen molar-refractivity contribution in [3.63, 3.8) is 0 Å². The molecule has 3 nitrogen and oxygen atoms in total. The number of nitrogens with zero attached hydrogens (tertiary/aromatic N) is 1. The van der Waals surface area contributed by atoms with E-state index in [2.05, 4.69) is 24.2 Å². The first-order valence-corrected chi connectivity index (χ1v) is 5.48. The van der Waals surface area contributed by atoms with Crippen LogP contribution in [0.25, 0.3) is 0 Å². The summed E-state index contributed by atoms with van der Waals surface area (Å²) >= 11 is 5.81. The molecule has 0 spiro atoms. The number of halogens is 1. The molecule has 1 aromatic carbocycles. The van der Waals surface area contributed by atoms with Crippen LogP contribution in [0, 0.1) is 0 Å². The van der Waals surface area contributed by atoms with Crippen LogP contribution in [0.3, 0.4) is 0 Å². The van der Waals surface area contributed by atoms with Crippen molar-refractivity contribution >= 4 is 23.0 Å². The van der Waals surface area contributed by atoms with Crippen molar-refractivity contribution in [3.8, 4) is 0 Å². The Morgan fingerprint density at radius 2 is 2.20 bits per heavy atom. The Labute approximate surface area is 96.2 Å². The molecule has 0 saturated carbocycles. The molecule has 0 atom stereocenters. The molecule has 4 heteroatoms. The van der Waals surface area contributed by atoms with Gasteiger partial charge in [-0.05, 0) is 31.8 Å². The lowest BCUT2D eigenvalue weighted by molar-refractivity contribution is 0.367. The van der Waals surface area contributed by atoms with Crippen LogP contribution in [-0.2, 0) is 0 Å². The predicted octanol–water partition coefficient (Wildman–Crippen LogP) is 2.29. The molecule has 0 aliphatic carbocycles. The van der Waals surface area contributed by atoms with Crippen LogP contribution in [0.5, 0.6) is 0 Å². The summed E-state index contributed by atoms with van der Waals surface area (Å²) in [4.78, 5) is 2.24. The van der Waals surface area contributed by atoms with Crippen molar-refractivity contribution in [2.45, 2.75) is 6.92 Å².